The van der Waals surface area contributed by atoms with E-state index in [0.29, 0.717) is 0 Å². The van der Waals surface area contributed by atoms with Crippen LogP contribution in [0, 0.1) is 6.92 Å². The van der Waals surface area contributed by atoms with Gasteiger partial charge in [-0.1, -0.05) is 27.7 Å². The first-order valence-corrected chi connectivity index (χ1v) is 8.65. The maximum atomic E-state index is 4.44. The number of nitrogens with zero attached hydrogens (tertiary/aromatic N) is 2. The summed E-state index contributed by atoms with van der Waals surface area (Å²) in [5, 5.41) is 0. The molecule has 0 fully saturated rings. The standard InChI is InChI=1S/C19H23BrN2/c1-12-15-14(18(2,3)7-8-19(15,4)5)11-13(16(12)20)17-21-9-6-10-22-17/h6,9-11H,7-8H2,1-5H3. The number of hydrogen-bond donors (Lipinski definition) is 0. The average molecular weight is 359 g/mol. The highest BCUT2D eigenvalue weighted by Gasteiger charge is 2.39. The zero-order valence-electron chi connectivity index (χ0n) is 14.0. The summed E-state index contributed by atoms with van der Waals surface area (Å²) in [5.41, 5.74) is 5.79. The Bertz CT molecular complexity index is 718. The van der Waals surface area contributed by atoms with Gasteiger partial charge in [0.2, 0.25) is 0 Å². The van der Waals surface area contributed by atoms with Gasteiger partial charge in [-0.3, -0.25) is 0 Å². The first-order chi connectivity index (χ1) is 10.2. The second kappa shape index (κ2) is 5.16. The fourth-order valence-electron chi connectivity index (χ4n) is 3.69. The van der Waals surface area contributed by atoms with Crippen LogP contribution in [-0.4, -0.2) is 9.97 Å². The molecule has 2 aromatic rings. The predicted molar refractivity (Wildman–Crippen MR) is 95.2 cm³/mol. The highest BCUT2D eigenvalue weighted by atomic mass is 79.9. The quantitative estimate of drug-likeness (QED) is 0.666. The summed E-state index contributed by atoms with van der Waals surface area (Å²) in [6, 6.07) is 4.17. The normalized spacial score (nSPS) is 18.8. The first-order valence-electron chi connectivity index (χ1n) is 7.85. The number of halogens is 1. The molecule has 0 atom stereocenters. The molecule has 3 rings (SSSR count). The van der Waals surface area contributed by atoms with Crippen LogP contribution in [-0.2, 0) is 10.8 Å². The Morgan fingerprint density at radius 1 is 1.00 bits per heavy atom. The molecule has 0 N–H and O–H groups in total. The molecule has 0 saturated carbocycles. The minimum Gasteiger partial charge on any atom is -0.237 e. The molecule has 0 bridgehead atoms. The lowest BCUT2D eigenvalue weighted by atomic mass is 9.62. The fraction of sp³-hybridized carbons (Fsp3) is 0.474. The van der Waals surface area contributed by atoms with Crippen LogP contribution in [0.5, 0.6) is 0 Å². The molecule has 3 heteroatoms. The number of hydrogen-bond acceptors (Lipinski definition) is 2. The Morgan fingerprint density at radius 3 is 2.23 bits per heavy atom. The molecule has 1 aliphatic rings. The number of benzene rings is 1. The minimum absolute atomic E-state index is 0.194. The largest absolute Gasteiger partial charge is 0.237 e. The molecule has 0 amide bonds. The maximum Gasteiger partial charge on any atom is 0.160 e. The SMILES string of the molecule is Cc1c(Br)c(-c2ncccn2)cc2c1C(C)(C)CCC2(C)C. The molecule has 0 spiro atoms. The Balaban J connectivity index is 2.33. The summed E-state index contributed by atoms with van der Waals surface area (Å²) in [6.45, 7) is 11.6. The van der Waals surface area contributed by atoms with Crippen molar-refractivity contribution in [1.29, 1.82) is 0 Å². The summed E-state index contributed by atoms with van der Waals surface area (Å²) in [5.74, 6) is 0.791. The molecular weight excluding hydrogens is 336 g/mol. The molecule has 2 nitrogen and oxygen atoms in total. The molecule has 1 aromatic heterocycles. The smallest absolute Gasteiger partial charge is 0.160 e. The van der Waals surface area contributed by atoms with Gasteiger partial charge in [-0.15, -0.1) is 0 Å². The van der Waals surface area contributed by atoms with Gasteiger partial charge in [0.1, 0.15) is 0 Å². The van der Waals surface area contributed by atoms with E-state index in [4.69, 9.17) is 0 Å². The summed E-state index contributed by atoms with van der Waals surface area (Å²) in [4.78, 5) is 8.89. The van der Waals surface area contributed by atoms with E-state index in [0.717, 1.165) is 15.9 Å². The van der Waals surface area contributed by atoms with Crippen LogP contribution in [0.25, 0.3) is 11.4 Å². The van der Waals surface area contributed by atoms with Gasteiger partial charge >= 0.3 is 0 Å². The molecular formula is C19H23BrN2. The van der Waals surface area contributed by atoms with Gasteiger partial charge in [-0.05, 0) is 75.3 Å². The van der Waals surface area contributed by atoms with Crippen molar-refractivity contribution in [2.75, 3.05) is 0 Å². The molecule has 0 aliphatic heterocycles. The summed E-state index contributed by atoms with van der Waals surface area (Å²) in [7, 11) is 0. The third-order valence-electron chi connectivity index (χ3n) is 5.09. The average Bonchev–Trinajstić information content (AvgIpc) is 2.47. The van der Waals surface area contributed by atoms with E-state index in [2.05, 4.69) is 66.6 Å². The van der Waals surface area contributed by atoms with E-state index in [9.17, 15) is 0 Å². The van der Waals surface area contributed by atoms with Gasteiger partial charge in [-0.25, -0.2) is 9.97 Å². The third kappa shape index (κ3) is 2.40. The molecule has 1 heterocycles. The number of fused-ring (bicyclic) bond motifs is 1. The molecule has 22 heavy (non-hydrogen) atoms. The van der Waals surface area contributed by atoms with Crippen molar-refractivity contribution in [3.63, 3.8) is 0 Å². The second-order valence-corrected chi connectivity index (χ2v) is 8.42. The molecule has 0 saturated heterocycles. The Kier molecular flexibility index (Phi) is 3.67. The maximum absolute atomic E-state index is 4.44. The van der Waals surface area contributed by atoms with Gasteiger partial charge in [0.15, 0.2) is 5.82 Å². The van der Waals surface area contributed by atoms with E-state index in [-0.39, 0.29) is 10.8 Å². The molecule has 0 radical (unpaired) electrons. The summed E-state index contributed by atoms with van der Waals surface area (Å²) < 4.78 is 1.13. The van der Waals surface area contributed by atoms with Crippen LogP contribution >= 0.6 is 15.9 Å². The van der Waals surface area contributed by atoms with Gasteiger partial charge in [0.25, 0.3) is 0 Å². The Morgan fingerprint density at radius 2 is 1.59 bits per heavy atom. The zero-order valence-corrected chi connectivity index (χ0v) is 15.6. The lowest BCUT2D eigenvalue weighted by molar-refractivity contribution is 0.330. The van der Waals surface area contributed by atoms with Crippen molar-refractivity contribution < 1.29 is 0 Å². The minimum atomic E-state index is 0.194. The van der Waals surface area contributed by atoms with Crippen LogP contribution < -0.4 is 0 Å². The van der Waals surface area contributed by atoms with E-state index in [1.54, 1.807) is 12.4 Å². The summed E-state index contributed by atoms with van der Waals surface area (Å²) >= 11 is 3.81. The lowest BCUT2D eigenvalue weighted by Crippen LogP contribution is -2.35. The predicted octanol–water partition coefficient (Wildman–Crippen LogP) is 5.56. The van der Waals surface area contributed by atoms with Crippen LogP contribution in [0.3, 0.4) is 0 Å². The number of rotatable bonds is 1. The van der Waals surface area contributed by atoms with Crippen LogP contribution in [0.1, 0.15) is 57.2 Å². The Labute approximate surface area is 141 Å². The monoisotopic (exact) mass is 358 g/mol. The molecule has 116 valence electrons. The molecule has 1 aromatic carbocycles. The van der Waals surface area contributed by atoms with Crippen molar-refractivity contribution in [1.82, 2.24) is 9.97 Å². The van der Waals surface area contributed by atoms with Crippen molar-refractivity contribution in [2.24, 2.45) is 0 Å². The highest BCUT2D eigenvalue weighted by molar-refractivity contribution is 9.10. The van der Waals surface area contributed by atoms with Gasteiger partial charge in [0, 0.05) is 22.4 Å². The van der Waals surface area contributed by atoms with Crippen LogP contribution in [0.4, 0.5) is 0 Å². The van der Waals surface area contributed by atoms with Crippen LogP contribution in [0.2, 0.25) is 0 Å². The molecule has 1 aliphatic carbocycles. The fourth-order valence-corrected chi connectivity index (χ4v) is 4.18. The van der Waals surface area contributed by atoms with Crippen molar-refractivity contribution in [2.45, 2.75) is 58.3 Å². The Hall–Kier alpha value is -1.22. The van der Waals surface area contributed by atoms with Gasteiger partial charge in [-0.2, -0.15) is 0 Å². The van der Waals surface area contributed by atoms with Crippen molar-refractivity contribution >= 4 is 15.9 Å². The van der Waals surface area contributed by atoms with E-state index in [1.165, 1.54) is 29.5 Å². The third-order valence-corrected chi connectivity index (χ3v) is 6.11. The number of aromatic nitrogens is 2. The van der Waals surface area contributed by atoms with Gasteiger partial charge < -0.3 is 0 Å². The highest BCUT2D eigenvalue weighted by Crippen LogP contribution is 2.50. The van der Waals surface area contributed by atoms with E-state index >= 15 is 0 Å². The topological polar surface area (TPSA) is 25.8 Å². The molecule has 0 unspecified atom stereocenters. The zero-order chi connectivity index (χ0) is 16.1. The first kappa shape index (κ1) is 15.7. The van der Waals surface area contributed by atoms with Crippen LogP contribution in [0.15, 0.2) is 29.0 Å². The van der Waals surface area contributed by atoms with E-state index in [1.807, 2.05) is 6.07 Å². The van der Waals surface area contributed by atoms with E-state index < -0.39 is 0 Å². The van der Waals surface area contributed by atoms with Crippen molar-refractivity contribution in [3.05, 3.63) is 45.7 Å². The van der Waals surface area contributed by atoms with Gasteiger partial charge in [0.05, 0.1) is 0 Å². The van der Waals surface area contributed by atoms with Crippen molar-refractivity contribution in [3.8, 4) is 11.4 Å². The lowest BCUT2D eigenvalue weighted by Gasteiger charge is -2.43. The second-order valence-electron chi connectivity index (χ2n) is 7.63. The summed E-state index contributed by atoms with van der Waals surface area (Å²) in [6.07, 6.45) is 6.04.